The van der Waals surface area contributed by atoms with Gasteiger partial charge in [-0.1, -0.05) is 48.5 Å². The van der Waals surface area contributed by atoms with Crippen molar-refractivity contribution in [2.24, 2.45) is 0 Å². The summed E-state index contributed by atoms with van der Waals surface area (Å²) in [5, 5.41) is 10.4. The molecule has 1 saturated heterocycles. The van der Waals surface area contributed by atoms with Crippen molar-refractivity contribution in [2.75, 3.05) is 0 Å². The van der Waals surface area contributed by atoms with Crippen molar-refractivity contribution in [3.63, 3.8) is 0 Å². The third kappa shape index (κ3) is 2.05. The molecule has 1 aliphatic heterocycles. The van der Waals surface area contributed by atoms with E-state index in [4.69, 9.17) is 12.2 Å². The zero-order valence-corrected chi connectivity index (χ0v) is 12.4. The molecule has 1 fully saturated rings. The Bertz CT molecular complexity index is 921. The molecule has 0 spiro atoms. The number of hydrogen-bond donors (Lipinski definition) is 2. The average Bonchev–Trinajstić information content (AvgIpc) is 2.84. The van der Waals surface area contributed by atoms with Gasteiger partial charge in [0.1, 0.15) is 5.70 Å². The summed E-state index contributed by atoms with van der Waals surface area (Å²) in [5.41, 5.74) is 1.50. The molecule has 0 saturated carbocycles. The van der Waals surface area contributed by atoms with Crippen LogP contribution in [0.2, 0.25) is 0 Å². The van der Waals surface area contributed by atoms with Gasteiger partial charge in [-0.25, -0.2) is 0 Å². The number of amides is 1. The maximum absolute atomic E-state index is 11.9. The summed E-state index contributed by atoms with van der Waals surface area (Å²) in [4.78, 5) is 11.9. The van der Waals surface area contributed by atoms with Crippen molar-refractivity contribution >= 4 is 50.9 Å². The molecule has 3 aromatic rings. The van der Waals surface area contributed by atoms with Gasteiger partial charge in [0.2, 0.25) is 0 Å². The van der Waals surface area contributed by atoms with Gasteiger partial charge in [-0.05, 0) is 51.5 Å². The fraction of sp³-hybridized carbons (Fsp3) is 0. The van der Waals surface area contributed by atoms with E-state index < -0.39 is 0 Å². The molecule has 0 aromatic heterocycles. The fourth-order valence-corrected chi connectivity index (χ4v) is 3.03. The Morgan fingerprint density at radius 3 is 2.00 bits per heavy atom. The number of benzene rings is 3. The normalized spacial score (nSPS) is 16.3. The predicted molar refractivity (Wildman–Crippen MR) is 93.3 cm³/mol. The summed E-state index contributed by atoms with van der Waals surface area (Å²) in [6.07, 6.45) is 1.87. The number of thiocarbonyl (C=S) groups is 1. The summed E-state index contributed by atoms with van der Waals surface area (Å²) in [7, 11) is 0. The van der Waals surface area contributed by atoms with Crippen LogP contribution in [0.15, 0.2) is 60.3 Å². The quantitative estimate of drug-likeness (QED) is 0.411. The number of carbonyl (C=O) groups is 1. The lowest BCUT2D eigenvalue weighted by molar-refractivity contribution is -0.115. The van der Waals surface area contributed by atoms with Crippen LogP contribution in [0.25, 0.3) is 27.6 Å². The number of nitrogens with one attached hydrogen (secondary N) is 2. The number of fused-ring (bicyclic) bond motifs is 2. The van der Waals surface area contributed by atoms with Crippen molar-refractivity contribution in [3.05, 3.63) is 65.9 Å². The maximum Gasteiger partial charge on any atom is 0.273 e. The van der Waals surface area contributed by atoms with Crippen LogP contribution in [0.1, 0.15) is 5.56 Å². The SMILES string of the molecule is O=C1NC(=S)NC1=Cc1c2ccccc2cc2ccccc12. The number of rotatable bonds is 1. The molecule has 2 N–H and O–H groups in total. The van der Waals surface area contributed by atoms with E-state index in [2.05, 4.69) is 41.0 Å². The van der Waals surface area contributed by atoms with Crippen molar-refractivity contribution < 1.29 is 4.79 Å². The molecule has 3 aromatic carbocycles. The maximum atomic E-state index is 11.9. The third-order valence-corrected chi connectivity index (χ3v) is 4.03. The van der Waals surface area contributed by atoms with Crippen LogP contribution in [0.3, 0.4) is 0 Å². The Labute approximate surface area is 132 Å². The zero-order chi connectivity index (χ0) is 15.1. The topological polar surface area (TPSA) is 41.1 Å². The lowest BCUT2D eigenvalue weighted by Gasteiger charge is -2.09. The highest BCUT2D eigenvalue weighted by molar-refractivity contribution is 7.80. The van der Waals surface area contributed by atoms with Crippen molar-refractivity contribution in [1.29, 1.82) is 0 Å². The van der Waals surface area contributed by atoms with Crippen molar-refractivity contribution in [2.45, 2.75) is 0 Å². The van der Waals surface area contributed by atoms with E-state index in [1.54, 1.807) is 0 Å². The molecule has 0 unspecified atom stereocenters. The van der Waals surface area contributed by atoms with Gasteiger partial charge < -0.3 is 5.32 Å². The molecule has 4 heteroatoms. The minimum atomic E-state index is -0.193. The van der Waals surface area contributed by atoms with E-state index in [9.17, 15) is 4.79 Å². The molecule has 0 aliphatic carbocycles. The van der Waals surface area contributed by atoms with Crippen LogP contribution in [-0.4, -0.2) is 11.0 Å². The first-order valence-corrected chi connectivity index (χ1v) is 7.38. The summed E-state index contributed by atoms with van der Waals surface area (Å²) in [6, 6.07) is 18.5. The summed E-state index contributed by atoms with van der Waals surface area (Å²) >= 11 is 5.00. The van der Waals surface area contributed by atoms with Crippen LogP contribution < -0.4 is 10.6 Å². The summed E-state index contributed by atoms with van der Waals surface area (Å²) in [6.45, 7) is 0. The van der Waals surface area contributed by atoms with E-state index >= 15 is 0 Å². The lowest BCUT2D eigenvalue weighted by atomic mass is 9.96. The highest BCUT2D eigenvalue weighted by atomic mass is 32.1. The summed E-state index contributed by atoms with van der Waals surface area (Å²) < 4.78 is 0. The lowest BCUT2D eigenvalue weighted by Crippen LogP contribution is -2.21. The first kappa shape index (κ1) is 13.0. The van der Waals surface area contributed by atoms with Gasteiger partial charge in [-0.3, -0.25) is 10.1 Å². The van der Waals surface area contributed by atoms with Crippen LogP contribution in [0.5, 0.6) is 0 Å². The highest BCUT2D eigenvalue weighted by Gasteiger charge is 2.20. The first-order valence-electron chi connectivity index (χ1n) is 6.97. The molecular formula is C18H12N2OS. The van der Waals surface area contributed by atoms with Gasteiger partial charge in [0.25, 0.3) is 5.91 Å². The molecule has 4 rings (SSSR count). The van der Waals surface area contributed by atoms with E-state index in [0.29, 0.717) is 10.8 Å². The second-order valence-corrected chi connectivity index (χ2v) is 5.61. The van der Waals surface area contributed by atoms with Gasteiger partial charge in [-0.15, -0.1) is 0 Å². The monoisotopic (exact) mass is 304 g/mol. The standard InChI is InChI=1S/C18H12N2OS/c21-17-16(19-18(22)20-17)10-15-13-7-3-1-5-11(13)9-12-6-2-4-8-14(12)15/h1-10H,(H2,19,20,21,22). The molecular weight excluding hydrogens is 292 g/mol. The van der Waals surface area contributed by atoms with Crippen LogP contribution in [0, 0.1) is 0 Å². The number of carbonyl (C=O) groups excluding carboxylic acids is 1. The molecule has 1 heterocycles. The predicted octanol–water partition coefficient (Wildman–Crippen LogP) is 3.34. The fourth-order valence-electron chi connectivity index (χ4n) is 2.83. The smallest absolute Gasteiger partial charge is 0.273 e. The van der Waals surface area contributed by atoms with Gasteiger partial charge in [0.05, 0.1) is 0 Å². The van der Waals surface area contributed by atoms with E-state index in [-0.39, 0.29) is 5.91 Å². The van der Waals surface area contributed by atoms with E-state index in [1.165, 1.54) is 0 Å². The van der Waals surface area contributed by atoms with Gasteiger partial charge >= 0.3 is 0 Å². The highest BCUT2D eigenvalue weighted by Crippen LogP contribution is 2.30. The Hall–Kier alpha value is -2.72. The second-order valence-electron chi connectivity index (χ2n) is 5.20. The number of hydrogen-bond acceptors (Lipinski definition) is 2. The molecule has 22 heavy (non-hydrogen) atoms. The molecule has 0 bridgehead atoms. The first-order chi connectivity index (χ1) is 10.7. The molecule has 0 radical (unpaired) electrons. The second kappa shape index (κ2) is 4.93. The molecule has 1 amide bonds. The van der Waals surface area contributed by atoms with Crippen LogP contribution >= 0.6 is 12.2 Å². The summed E-state index contributed by atoms with van der Waals surface area (Å²) in [5.74, 6) is -0.193. The Morgan fingerprint density at radius 1 is 0.864 bits per heavy atom. The van der Waals surface area contributed by atoms with Crippen molar-refractivity contribution in [3.8, 4) is 0 Å². The van der Waals surface area contributed by atoms with E-state index in [1.807, 2.05) is 30.3 Å². The van der Waals surface area contributed by atoms with Crippen LogP contribution in [-0.2, 0) is 4.79 Å². The Morgan fingerprint density at radius 2 is 1.45 bits per heavy atom. The Balaban J connectivity index is 2.07. The minimum Gasteiger partial charge on any atom is -0.328 e. The molecule has 3 nitrogen and oxygen atoms in total. The average molecular weight is 304 g/mol. The minimum absolute atomic E-state index is 0.193. The van der Waals surface area contributed by atoms with Crippen molar-refractivity contribution in [1.82, 2.24) is 10.6 Å². The third-order valence-electron chi connectivity index (χ3n) is 3.82. The van der Waals surface area contributed by atoms with Gasteiger partial charge in [-0.2, -0.15) is 0 Å². The molecule has 1 aliphatic rings. The van der Waals surface area contributed by atoms with Crippen LogP contribution in [0.4, 0.5) is 0 Å². The molecule has 0 atom stereocenters. The van der Waals surface area contributed by atoms with Gasteiger partial charge in [0.15, 0.2) is 5.11 Å². The Kier molecular flexibility index (Phi) is 2.91. The largest absolute Gasteiger partial charge is 0.328 e. The van der Waals surface area contributed by atoms with Gasteiger partial charge in [0, 0.05) is 0 Å². The zero-order valence-electron chi connectivity index (χ0n) is 11.6. The molecule has 106 valence electrons. The van der Waals surface area contributed by atoms with E-state index in [0.717, 1.165) is 27.1 Å².